The molecule has 0 saturated carbocycles. The SMILES string of the molecule is CS(=O)(=O)N[C@H](CCC1CCNCC1)C(=O)N1C[C@H](OCc2ccc(Br)cc2F)C[C@H]1C(=O)NCc1ccccc1. The Morgan fingerprint density at radius 1 is 1.17 bits per heavy atom. The van der Waals surface area contributed by atoms with Gasteiger partial charge in [-0.1, -0.05) is 52.3 Å². The van der Waals surface area contributed by atoms with Crippen molar-refractivity contribution in [2.45, 2.75) is 63.4 Å². The molecule has 0 aromatic heterocycles. The molecule has 2 amide bonds. The Bertz CT molecular complexity index is 1290. The number of benzene rings is 2. The topological polar surface area (TPSA) is 117 Å². The molecule has 0 aliphatic carbocycles. The van der Waals surface area contributed by atoms with E-state index in [0.29, 0.717) is 28.8 Å². The van der Waals surface area contributed by atoms with E-state index in [1.807, 2.05) is 30.3 Å². The van der Waals surface area contributed by atoms with Crippen molar-refractivity contribution in [3.05, 3.63) is 69.9 Å². The van der Waals surface area contributed by atoms with Gasteiger partial charge in [0, 0.05) is 29.5 Å². The molecule has 2 aromatic carbocycles. The van der Waals surface area contributed by atoms with Crippen molar-refractivity contribution in [2.75, 3.05) is 25.9 Å². The maximum absolute atomic E-state index is 14.4. The van der Waals surface area contributed by atoms with Gasteiger partial charge in [0.05, 0.1) is 19.0 Å². The summed E-state index contributed by atoms with van der Waals surface area (Å²) in [6, 6.07) is 12.3. The molecular formula is C29H38BrFN4O5S. The summed E-state index contributed by atoms with van der Waals surface area (Å²) in [6.07, 6.45) is 3.68. The predicted molar refractivity (Wildman–Crippen MR) is 158 cm³/mol. The zero-order valence-electron chi connectivity index (χ0n) is 23.2. The minimum absolute atomic E-state index is 0.0229. The van der Waals surface area contributed by atoms with Crippen LogP contribution in [-0.2, 0) is 37.5 Å². The molecule has 41 heavy (non-hydrogen) atoms. The Kier molecular flexibility index (Phi) is 11.3. The van der Waals surface area contributed by atoms with Crippen molar-refractivity contribution in [1.29, 1.82) is 0 Å². The number of nitrogens with zero attached hydrogens (tertiary/aromatic N) is 1. The number of carbonyl (C=O) groups is 2. The Labute approximate surface area is 249 Å². The summed E-state index contributed by atoms with van der Waals surface area (Å²) < 4.78 is 48.0. The molecule has 9 nitrogen and oxygen atoms in total. The van der Waals surface area contributed by atoms with Gasteiger partial charge < -0.3 is 20.3 Å². The maximum Gasteiger partial charge on any atom is 0.243 e. The van der Waals surface area contributed by atoms with Crippen LogP contribution in [0.1, 0.15) is 43.2 Å². The van der Waals surface area contributed by atoms with E-state index in [4.69, 9.17) is 4.74 Å². The minimum Gasteiger partial charge on any atom is -0.371 e. The van der Waals surface area contributed by atoms with Crippen LogP contribution in [0.2, 0.25) is 0 Å². The monoisotopic (exact) mass is 652 g/mol. The number of sulfonamides is 1. The molecule has 224 valence electrons. The third-order valence-electron chi connectivity index (χ3n) is 7.62. The van der Waals surface area contributed by atoms with E-state index in [1.54, 1.807) is 12.1 Å². The van der Waals surface area contributed by atoms with Crippen LogP contribution in [0, 0.1) is 11.7 Å². The van der Waals surface area contributed by atoms with Crippen LogP contribution in [0.4, 0.5) is 4.39 Å². The molecule has 2 aliphatic rings. The fourth-order valence-corrected chi connectivity index (χ4v) is 6.49. The van der Waals surface area contributed by atoms with E-state index >= 15 is 0 Å². The van der Waals surface area contributed by atoms with Crippen LogP contribution in [0.25, 0.3) is 0 Å². The van der Waals surface area contributed by atoms with Crippen LogP contribution in [0.3, 0.4) is 0 Å². The molecule has 2 fully saturated rings. The van der Waals surface area contributed by atoms with Gasteiger partial charge in [0.1, 0.15) is 17.9 Å². The highest BCUT2D eigenvalue weighted by molar-refractivity contribution is 9.10. The zero-order chi connectivity index (χ0) is 29.4. The molecule has 2 aromatic rings. The number of amides is 2. The molecule has 2 aliphatic heterocycles. The van der Waals surface area contributed by atoms with Gasteiger partial charge in [-0.15, -0.1) is 0 Å². The number of hydrogen-bond donors (Lipinski definition) is 3. The predicted octanol–water partition coefficient (Wildman–Crippen LogP) is 3.09. The van der Waals surface area contributed by atoms with E-state index in [2.05, 4.69) is 31.3 Å². The summed E-state index contributed by atoms with van der Waals surface area (Å²) in [6.45, 7) is 2.16. The third-order valence-corrected chi connectivity index (χ3v) is 8.83. The van der Waals surface area contributed by atoms with Crippen molar-refractivity contribution in [3.63, 3.8) is 0 Å². The molecule has 0 bridgehead atoms. The van der Waals surface area contributed by atoms with Crippen LogP contribution in [0.5, 0.6) is 0 Å². The lowest BCUT2D eigenvalue weighted by atomic mass is 9.91. The number of nitrogens with one attached hydrogen (secondary N) is 3. The summed E-state index contributed by atoms with van der Waals surface area (Å²) in [5, 5.41) is 6.22. The highest BCUT2D eigenvalue weighted by Crippen LogP contribution is 2.26. The Hall–Kier alpha value is -2.38. The van der Waals surface area contributed by atoms with E-state index in [9.17, 15) is 22.4 Å². The van der Waals surface area contributed by atoms with Crippen molar-refractivity contribution in [3.8, 4) is 0 Å². The van der Waals surface area contributed by atoms with Crippen LogP contribution < -0.4 is 15.4 Å². The molecule has 0 unspecified atom stereocenters. The Morgan fingerprint density at radius 3 is 2.59 bits per heavy atom. The first-order chi connectivity index (χ1) is 19.6. The molecule has 12 heteroatoms. The van der Waals surface area contributed by atoms with Crippen molar-refractivity contribution in [2.24, 2.45) is 5.92 Å². The minimum atomic E-state index is -3.69. The van der Waals surface area contributed by atoms with Crippen LogP contribution in [0.15, 0.2) is 53.0 Å². The highest BCUT2D eigenvalue weighted by atomic mass is 79.9. The normalized spacial score (nSPS) is 20.6. The third kappa shape index (κ3) is 9.57. The molecule has 0 radical (unpaired) electrons. The second-order valence-electron chi connectivity index (χ2n) is 10.8. The zero-order valence-corrected chi connectivity index (χ0v) is 25.6. The maximum atomic E-state index is 14.4. The highest BCUT2D eigenvalue weighted by Gasteiger charge is 2.42. The molecule has 4 rings (SSSR count). The molecule has 3 N–H and O–H groups in total. The van der Waals surface area contributed by atoms with E-state index < -0.39 is 39.9 Å². The number of halogens is 2. The lowest BCUT2D eigenvalue weighted by Gasteiger charge is -2.30. The van der Waals surface area contributed by atoms with Crippen molar-refractivity contribution < 1.29 is 27.1 Å². The lowest BCUT2D eigenvalue weighted by molar-refractivity contribution is -0.140. The first-order valence-electron chi connectivity index (χ1n) is 13.9. The Morgan fingerprint density at radius 2 is 1.90 bits per heavy atom. The lowest BCUT2D eigenvalue weighted by Crippen LogP contribution is -2.53. The second-order valence-corrected chi connectivity index (χ2v) is 13.5. The quantitative estimate of drug-likeness (QED) is 0.325. The molecule has 0 spiro atoms. The van der Waals surface area contributed by atoms with Gasteiger partial charge in [0.15, 0.2) is 0 Å². The summed E-state index contributed by atoms with van der Waals surface area (Å²) in [5.41, 5.74) is 1.27. The van der Waals surface area contributed by atoms with E-state index in [0.717, 1.165) is 37.8 Å². The van der Waals surface area contributed by atoms with E-state index in [-0.39, 0.29) is 32.0 Å². The molecule has 2 heterocycles. The van der Waals surface area contributed by atoms with Gasteiger partial charge in [-0.3, -0.25) is 9.59 Å². The van der Waals surface area contributed by atoms with Crippen LogP contribution in [-0.4, -0.2) is 69.2 Å². The standard InChI is InChI=1S/C29H38BrFN4O5S/c1-41(38,39)34-26(10-7-20-11-13-32-14-12-20)29(37)35-18-24(40-19-22-8-9-23(30)15-25(22)31)16-27(35)28(36)33-17-21-5-3-2-4-6-21/h2-6,8-9,15,20,24,26-27,32,34H,7,10-14,16-19H2,1H3,(H,33,36)/t24-,26-,27+/m1/s1. The summed E-state index contributed by atoms with van der Waals surface area (Å²) in [5.74, 6) is -0.823. The van der Waals surface area contributed by atoms with Crippen molar-refractivity contribution in [1.82, 2.24) is 20.3 Å². The number of hydrogen-bond acceptors (Lipinski definition) is 6. The Balaban J connectivity index is 1.49. The average molecular weight is 654 g/mol. The van der Waals surface area contributed by atoms with Crippen LogP contribution >= 0.6 is 15.9 Å². The fraction of sp³-hybridized carbons (Fsp3) is 0.517. The second kappa shape index (κ2) is 14.7. The number of carbonyl (C=O) groups excluding carboxylic acids is 2. The molecular weight excluding hydrogens is 615 g/mol. The average Bonchev–Trinajstić information content (AvgIpc) is 3.38. The largest absolute Gasteiger partial charge is 0.371 e. The first kappa shape index (κ1) is 31.6. The summed E-state index contributed by atoms with van der Waals surface area (Å²) >= 11 is 3.24. The summed E-state index contributed by atoms with van der Waals surface area (Å²) in [7, 11) is -3.69. The van der Waals surface area contributed by atoms with Gasteiger partial charge >= 0.3 is 0 Å². The van der Waals surface area contributed by atoms with E-state index in [1.165, 1.54) is 11.0 Å². The number of piperidine rings is 1. The van der Waals surface area contributed by atoms with Gasteiger partial charge in [0.2, 0.25) is 21.8 Å². The molecule has 2 saturated heterocycles. The van der Waals surface area contributed by atoms with Gasteiger partial charge in [-0.25, -0.2) is 17.5 Å². The van der Waals surface area contributed by atoms with Crippen molar-refractivity contribution >= 4 is 37.8 Å². The number of ether oxygens (including phenoxy) is 1. The first-order valence-corrected chi connectivity index (χ1v) is 16.6. The number of rotatable bonds is 12. The number of likely N-dealkylation sites (tertiary alicyclic amines) is 1. The molecule has 3 atom stereocenters. The van der Waals surface area contributed by atoms with Gasteiger partial charge in [0.25, 0.3) is 0 Å². The smallest absolute Gasteiger partial charge is 0.243 e. The fourth-order valence-electron chi connectivity index (χ4n) is 5.42. The van der Waals surface area contributed by atoms with Gasteiger partial charge in [-0.05, 0) is 62.4 Å². The van der Waals surface area contributed by atoms with Gasteiger partial charge in [-0.2, -0.15) is 0 Å². The summed E-state index contributed by atoms with van der Waals surface area (Å²) in [4.78, 5) is 28.7.